The number of carbonyl (C=O) groups excluding carboxylic acids is 2. The maximum Gasteiger partial charge on any atom is 0.317 e. The molecule has 2 rings (SSSR count). The van der Waals surface area contributed by atoms with Gasteiger partial charge in [0.15, 0.2) is 0 Å². The van der Waals surface area contributed by atoms with Crippen LogP contribution in [0.25, 0.3) is 0 Å². The molecule has 0 bridgehead atoms. The molecule has 3 amide bonds. The standard InChI is InChI=1S/C16H29N3O3/c1-18(2)14(20)13-11-19(12-16(13)7-4-5-8-16)15(21)17-9-6-10-22-3/h13H,4-12H2,1-3H3,(H,17,21). The second-order valence-electron chi connectivity index (χ2n) is 6.81. The van der Waals surface area contributed by atoms with Crippen molar-refractivity contribution in [1.29, 1.82) is 0 Å². The van der Waals surface area contributed by atoms with E-state index in [4.69, 9.17) is 4.74 Å². The molecule has 1 aliphatic carbocycles. The number of hydrogen-bond donors (Lipinski definition) is 1. The Balaban J connectivity index is 1.98. The average molecular weight is 311 g/mol. The Bertz CT molecular complexity index is 405. The first-order valence-corrected chi connectivity index (χ1v) is 8.23. The number of likely N-dealkylation sites (tertiary alicyclic amines) is 1. The van der Waals surface area contributed by atoms with E-state index in [1.807, 2.05) is 4.90 Å². The zero-order valence-electron chi connectivity index (χ0n) is 14.1. The van der Waals surface area contributed by atoms with Gasteiger partial charge in [-0.3, -0.25) is 4.79 Å². The van der Waals surface area contributed by atoms with Gasteiger partial charge >= 0.3 is 6.03 Å². The molecule has 1 aliphatic heterocycles. The number of ether oxygens (including phenoxy) is 1. The van der Waals surface area contributed by atoms with E-state index in [2.05, 4.69) is 5.32 Å². The Morgan fingerprint density at radius 2 is 2.00 bits per heavy atom. The molecule has 1 heterocycles. The Labute approximate surface area is 133 Å². The maximum absolute atomic E-state index is 12.5. The summed E-state index contributed by atoms with van der Waals surface area (Å²) in [7, 11) is 5.26. The lowest BCUT2D eigenvalue weighted by atomic mass is 9.76. The Kier molecular flexibility index (Phi) is 5.67. The van der Waals surface area contributed by atoms with Crippen LogP contribution < -0.4 is 5.32 Å². The Hall–Kier alpha value is -1.30. The molecule has 0 radical (unpaired) electrons. The van der Waals surface area contributed by atoms with Gasteiger partial charge in [0.05, 0.1) is 5.92 Å². The van der Waals surface area contributed by atoms with Crippen LogP contribution in [0.4, 0.5) is 4.79 Å². The number of nitrogens with one attached hydrogen (secondary N) is 1. The molecule has 1 atom stereocenters. The summed E-state index contributed by atoms with van der Waals surface area (Å²) in [5.41, 5.74) is 0.00518. The largest absolute Gasteiger partial charge is 0.385 e. The molecule has 126 valence electrons. The van der Waals surface area contributed by atoms with Crippen LogP contribution in [0.5, 0.6) is 0 Å². The van der Waals surface area contributed by atoms with Gasteiger partial charge in [-0.1, -0.05) is 12.8 Å². The smallest absolute Gasteiger partial charge is 0.317 e. The molecule has 2 aliphatic rings. The molecule has 1 saturated heterocycles. The van der Waals surface area contributed by atoms with E-state index >= 15 is 0 Å². The van der Waals surface area contributed by atoms with E-state index in [1.165, 1.54) is 12.8 Å². The lowest BCUT2D eigenvalue weighted by molar-refractivity contribution is -0.135. The molecular weight excluding hydrogens is 282 g/mol. The predicted octanol–water partition coefficient (Wildman–Crippen LogP) is 1.31. The lowest BCUT2D eigenvalue weighted by Crippen LogP contribution is -2.40. The lowest BCUT2D eigenvalue weighted by Gasteiger charge is -2.30. The third kappa shape index (κ3) is 3.54. The molecule has 0 aromatic carbocycles. The molecule has 0 aromatic rings. The summed E-state index contributed by atoms with van der Waals surface area (Å²) >= 11 is 0. The van der Waals surface area contributed by atoms with Crippen LogP contribution in [0.15, 0.2) is 0 Å². The Morgan fingerprint density at radius 3 is 2.59 bits per heavy atom. The number of urea groups is 1. The fourth-order valence-electron chi connectivity index (χ4n) is 3.88. The van der Waals surface area contributed by atoms with Crippen LogP contribution in [-0.2, 0) is 9.53 Å². The molecule has 6 heteroatoms. The topological polar surface area (TPSA) is 61.9 Å². The summed E-state index contributed by atoms with van der Waals surface area (Å²) in [6.45, 7) is 2.52. The highest BCUT2D eigenvalue weighted by Gasteiger charge is 2.52. The van der Waals surface area contributed by atoms with Crippen LogP contribution in [0.3, 0.4) is 0 Å². The molecular formula is C16H29N3O3. The SMILES string of the molecule is COCCCNC(=O)N1CC(C(=O)N(C)C)C2(CCCC2)C1. The quantitative estimate of drug-likeness (QED) is 0.779. The fraction of sp³-hybridized carbons (Fsp3) is 0.875. The molecule has 1 unspecified atom stereocenters. The summed E-state index contributed by atoms with van der Waals surface area (Å²) in [4.78, 5) is 28.4. The molecule has 22 heavy (non-hydrogen) atoms. The fourth-order valence-corrected chi connectivity index (χ4v) is 3.88. The average Bonchev–Trinajstić information content (AvgIpc) is 3.11. The third-order valence-corrected chi connectivity index (χ3v) is 5.07. The third-order valence-electron chi connectivity index (χ3n) is 5.07. The zero-order valence-corrected chi connectivity index (χ0v) is 14.1. The van der Waals surface area contributed by atoms with Gasteiger partial charge in [0.2, 0.25) is 5.91 Å². The molecule has 6 nitrogen and oxygen atoms in total. The van der Waals surface area contributed by atoms with Crippen molar-refractivity contribution in [3.8, 4) is 0 Å². The van der Waals surface area contributed by atoms with Crippen LogP contribution in [-0.4, -0.2) is 69.2 Å². The van der Waals surface area contributed by atoms with E-state index < -0.39 is 0 Å². The zero-order chi connectivity index (χ0) is 16.2. The second-order valence-corrected chi connectivity index (χ2v) is 6.81. The van der Waals surface area contributed by atoms with Crippen molar-refractivity contribution in [3.63, 3.8) is 0 Å². The highest BCUT2D eigenvalue weighted by atomic mass is 16.5. The number of rotatable bonds is 5. The molecule has 2 fully saturated rings. The van der Waals surface area contributed by atoms with E-state index in [0.717, 1.165) is 19.3 Å². The number of nitrogens with zero attached hydrogens (tertiary/aromatic N) is 2. The normalized spacial score (nSPS) is 23.0. The summed E-state index contributed by atoms with van der Waals surface area (Å²) in [5, 5.41) is 2.94. The van der Waals surface area contributed by atoms with Crippen LogP contribution in [0.2, 0.25) is 0 Å². The minimum absolute atomic E-state index is 0.00518. The van der Waals surface area contributed by atoms with Gasteiger partial charge in [-0.2, -0.15) is 0 Å². The van der Waals surface area contributed by atoms with Crippen molar-refractivity contribution in [2.45, 2.75) is 32.1 Å². The van der Waals surface area contributed by atoms with Crippen molar-refractivity contribution >= 4 is 11.9 Å². The van der Waals surface area contributed by atoms with Gasteiger partial charge in [0, 0.05) is 52.9 Å². The number of carbonyl (C=O) groups is 2. The molecule has 0 aromatic heterocycles. The minimum Gasteiger partial charge on any atom is -0.385 e. The first-order valence-electron chi connectivity index (χ1n) is 8.23. The van der Waals surface area contributed by atoms with Crippen molar-refractivity contribution in [2.24, 2.45) is 11.3 Å². The van der Waals surface area contributed by atoms with Gasteiger partial charge < -0.3 is 19.9 Å². The summed E-state index contributed by atoms with van der Waals surface area (Å²) in [6, 6.07) is -0.0450. The first-order chi connectivity index (χ1) is 10.5. The Morgan fingerprint density at radius 1 is 1.32 bits per heavy atom. The monoisotopic (exact) mass is 311 g/mol. The highest BCUT2D eigenvalue weighted by Crippen LogP contribution is 2.49. The van der Waals surface area contributed by atoms with E-state index in [0.29, 0.717) is 26.2 Å². The van der Waals surface area contributed by atoms with Gasteiger partial charge in [0.25, 0.3) is 0 Å². The van der Waals surface area contributed by atoms with Gasteiger partial charge in [-0.25, -0.2) is 4.79 Å². The van der Waals surface area contributed by atoms with Crippen LogP contribution in [0.1, 0.15) is 32.1 Å². The van der Waals surface area contributed by atoms with Gasteiger partial charge in [-0.15, -0.1) is 0 Å². The van der Waals surface area contributed by atoms with E-state index in [9.17, 15) is 9.59 Å². The van der Waals surface area contributed by atoms with Crippen molar-refractivity contribution in [2.75, 3.05) is 47.4 Å². The van der Waals surface area contributed by atoms with Crippen LogP contribution >= 0.6 is 0 Å². The number of hydrogen-bond acceptors (Lipinski definition) is 3. The molecule has 1 N–H and O–H groups in total. The van der Waals surface area contributed by atoms with Crippen LogP contribution in [0, 0.1) is 11.3 Å². The molecule has 1 spiro atoms. The van der Waals surface area contributed by atoms with E-state index in [-0.39, 0.29) is 23.3 Å². The first kappa shape index (κ1) is 17.1. The maximum atomic E-state index is 12.5. The van der Waals surface area contributed by atoms with Crippen molar-refractivity contribution in [3.05, 3.63) is 0 Å². The summed E-state index contributed by atoms with van der Waals surface area (Å²) < 4.78 is 4.99. The predicted molar refractivity (Wildman–Crippen MR) is 84.5 cm³/mol. The number of amides is 3. The van der Waals surface area contributed by atoms with Crippen molar-refractivity contribution < 1.29 is 14.3 Å². The summed E-state index contributed by atoms with van der Waals surface area (Å²) in [5.74, 6) is 0.117. The number of methoxy groups -OCH3 is 1. The van der Waals surface area contributed by atoms with E-state index in [1.54, 1.807) is 26.1 Å². The van der Waals surface area contributed by atoms with Gasteiger partial charge in [0.1, 0.15) is 0 Å². The minimum atomic E-state index is -0.0466. The van der Waals surface area contributed by atoms with Crippen molar-refractivity contribution in [1.82, 2.24) is 15.1 Å². The highest BCUT2D eigenvalue weighted by molar-refractivity contribution is 5.82. The second kappa shape index (κ2) is 7.31. The van der Waals surface area contributed by atoms with Gasteiger partial charge in [-0.05, 0) is 19.3 Å². The summed E-state index contributed by atoms with van der Waals surface area (Å²) in [6.07, 6.45) is 5.26. The molecule has 1 saturated carbocycles.